The van der Waals surface area contributed by atoms with Gasteiger partial charge in [-0.05, 0) is 42.3 Å². The Morgan fingerprint density at radius 2 is 1.66 bits per heavy atom. The van der Waals surface area contributed by atoms with Gasteiger partial charge in [-0.15, -0.1) is 0 Å². The molecule has 0 bridgehead atoms. The number of amides is 1. The molecule has 3 aromatic carbocycles. The van der Waals surface area contributed by atoms with Gasteiger partial charge in [0.1, 0.15) is 11.8 Å². The third-order valence-electron chi connectivity index (χ3n) is 5.46. The number of hydrogen-bond donors (Lipinski definition) is 0. The Morgan fingerprint density at radius 3 is 2.34 bits per heavy atom. The number of nitro groups is 1. The minimum Gasteiger partial charge on any atom is -0.493 e. The molecule has 2 atom stereocenters. The van der Waals surface area contributed by atoms with E-state index in [1.54, 1.807) is 31.4 Å². The molecule has 1 amide bonds. The summed E-state index contributed by atoms with van der Waals surface area (Å²) in [7, 11) is 3.08. The van der Waals surface area contributed by atoms with Gasteiger partial charge in [-0.2, -0.15) is 0 Å². The normalized spacial score (nSPS) is 17.5. The lowest BCUT2D eigenvalue weighted by Crippen LogP contribution is -2.61. The Hall–Kier alpha value is -4.07. The van der Waals surface area contributed by atoms with Crippen LogP contribution in [0, 0.1) is 17.0 Å². The highest BCUT2D eigenvalue weighted by Crippen LogP contribution is 2.44. The highest BCUT2D eigenvalue weighted by molar-refractivity contribution is 6.05. The van der Waals surface area contributed by atoms with E-state index in [9.17, 15) is 14.9 Å². The molecule has 1 fully saturated rings. The van der Waals surface area contributed by atoms with E-state index in [1.807, 2.05) is 37.3 Å². The number of hydrogen-bond acceptors (Lipinski definition) is 6. The lowest BCUT2D eigenvalue weighted by atomic mass is 9.89. The Balaban J connectivity index is 1.76. The third-order valence-corrected chi connectivity index (χ3v) is 5.46. The maximum atomic E-state index is 13.2. The van der Waals surface area contributed by atoms with Crippen LogP contribution in [0.15, 0.2) is 66.7 Å². The number of benzene rings is 3. The molecule has 164 valence electrons. The second-order valence-corrected chi connectivity index (χ2v) is 7.35. The van der Waals surface area contributed by atoms with Crippen LogP contribution >= 0.6 is 0 Å². The maximum absolute atomic E-state index is 13.2. The summed E-state index contributed by atoms with van der Waals surface area (Å²) in [5.74, 6) is 1.39. The number of non-ortho nitro benzene ring substituents is 1. The van der Waals surface area contributed by atoms with Crippen LogP contribution in [0.3, 0.4) is 0 Å². The number of nitro benzene ring substituents is 1. The minimum absolute atomic E-state index is 0.0929. The zero-order valence-electron chi connectivity index (χ0n) is 17.8. The summed E-state index contributed by atoms with van der Waals surface area (Å²) in [6.45, 7) is 1.90. The van der Waals surface area contributed by atoms with Crippen LogP contribution < -0.4 is 19.1 Å². The van der Waals surface area contributed by atoms with Crippen molar-refractivity contribution in [1.82, 2.24) is 0 Å². The first-order chi connectivity index (χ1) is 15.4. The average Bonchev–Trinajstić information content (AvgIpc) is 2.81. The summed E-state index contributed by atoms with van der Waals surface area (Å²) in [4.78, 5) is 25.5. The van der Waals surface area contributed by atoms with E-state index >= 15 is 0 Å². The quantitative estimate of drug-likeness (QED) is 0.310. The fourth-order valence-electron chi connectivity index (χ4n) is 3.81. The van der Waals surface area contributed by atoms with Gasteiger partial charge in [-0.3, -0.25) is 19.8 Å². The van der Waals surface area contributed by atoms with Gasteiger partial charge in [0.05, 0.1) is 24.8 Å². The molecule has 1 heterocycles. The molecule has 8 heteroatoms. The fourth-order valence-corrected chi connectivity index (χ4v) is 3.81. The van der Waals surface area contributed by atoms with Crippen molar-refractivity contribution in [2.24, 2.45) is 0 Å². The average molecular weight is 434 g/mol. The summed E-state index contributed by atoms with van der Waals surface area (Å²) in [6.07, 6.45) is -0.798. The first-order valence-electron chi connectivity index (χ1n) is 9.96. The number of β-lactam (4-membered cyclic amide) rings is 1. The summed E-state index contributed by atoms with van der Waals surface area (Å²) in [5, 5.41) is 11.3. The molecule has 3 aromatic rings. The van der Waals surface area contributed by atoms with Crippen molar-refractivity contribution in [3.63, 3.8) is 0 Å². The van der Waals surface area contributed by atoms with Crippen LogP contribution in [-0.4, -0.2) is 31.2 Å². The van der Waals surface area contributed by atoms with E-state index in [2.05, 4.69) is 0 Å². The smallest absolute Gasteiger partial charge is 0.271 e. The molecule has 0 aromatic heterocycles. The SMILES string of the molecule is COc1ccc([C@H]2[C@H](Oc3ccccc3C)C(=O)N2c2cccc([N+](=O)[O-])c2)cc1OC. The standard InChI is InChI=1S/C24H22N2O6/c1-15-7-4-5-10-19(15)32-23-22(16-11-12-20(30-2)21(13-16)31-3)25(24(23)27)17-8-6-9-18(14-17)26(28)29/h4-14,22-23H,1-3H3/t22-,23-/m0/s1. The molecule has 1 saturated heterocycles. The number of anilines is 1. The van der Waals surface area contributed by atoms with E-state index in [0.717, 1.165) is 11.1 Å². The number of rotatable bonds is 7. The van der Waals surface area contributed by atoms with Crippen molar-refractivity contribution in [2.45, 2.75) is 19.1 Å². The minimum atomic E-state index is -0.798. The van der Waals surface area contributed by atoms with Crippen LogP contribution in [0.4, 0.5) is 11.4 Å². The van der Waals surface area contributed by atoms with Crippen LogP contribution in [0.5, 0.6) is 17.2 Å². The van der Waals surface area contributed by atoms with Crippen LogP contribution in [0.25, 0.3) is 0 Å². The van der Waals surface area contributed by atoms with Crippen LogP contribution in [0.1, 0.15) is 17.2 Å². The highest BCUT2D eigenvalue weighted by Gasteiger charge is 2.51. The molecule has 0 saturated carbocycles. The van der Waals surface area contributed by atoms with Gasteiger partial charge in [0.15, 0.2) is 11.5 Å². The predicted octanol–water partition coefficient (Wildman–Crippen LogP) is 4.46. The molecule has 0 aliphatic carbocycles. The molecule has 8 nitrogen and oxygen atoms in total. The van der Waals surface area contributed by atoms with E-state index in [4.69, 9.17) is 14.2 Å². The van der Waals surface area contributed by atoms with Crippen molar-refractivity contribution < 1.29 is 23.9 Å². The maximum Gasteiger partial charge on any atom is 0.271 e. The van der Waals surface area contributed by atoms with E-state index in [1.165, 1.54) is 24.1 Å². The van der Waals surface area contributed by atoms with Gasteiger partial charge in [0.2, 0.25) is 6.10 Å². The van der Waals surface area contributed by atoms with Crippen molar-refractivity contribution in [3.05, 3.63) is 88.0 Å². The molecule has 32 heavy (non-hydrogen) atoms. The van der Waals surface area contributed by atoms with Crippen LogP contribution in [0.2, 0.25) is 0 Å². The lowest BCUT2D eigenvalue weighted by molar-refractivity contribution is -0.384. The number of ether oxygens (including phenoxy) is 3. The molecule has 0 spiro atoms. The highest BCUT2D eigenvalue weighted by atomic mass is 16.6. The molecular formula is C24H22N2O6. The molecule has 0 unspecified atom stereocenters. The van der Waals surface area contributed by atoms with Crippen molar-refractivity contribution in [1.29, 1.82) is 0 Å². The first kappa shape index (κ1) is 21.2. The van der Waals surface area contributed by atoms with Crippen molar-refractivity contribution in [3.8, 4) is 17.2 Å². The molecule has 1 aliphatic heterocycles. The second kappa shape index (κ2) is 8.58. The fraction of sp³-hybridized carbons (Fsp3) is 0.208. The number of carbonyl (C=O) groups is 1. The Morgan fingerprint density at radius 1 is 0.906 bits per heavy atom. The summed E-state index contributed by atoms with van der Waals surface area (Å²) in [5.41, 5.74) is 1.99. The van der Waals surface area contributed by atoms with Gasteiger partial charge in [-0.25, -0.2) is 0 Å². The monoisotopic (exact) mass is 434 g/mol. The number of para-hydroxylation sites is 1. The number of aryl methyl sites for hydroxylation is 1. The van der Waals surface area contributed by atoms with E-state index < -0.39 is 17.1 Å². The summed E-state index contributed by atoms with van der Waals surface area (Å²) in [6, 6.07) is 18.3. The van der Waals surface area contributed by atoms with Gasteiger partial charge in [0.25, 0.3) is 11.6 Å². The van der Waals surface area contributed by atoms with Gasteiger partial charge < -0.3 is 14.2 Å². The van der Waals surface area contributed by atoms with Gasteiger partial charge in [0, 0.05) is 12.1 Å². The zero-order valence-corrected chi connectivity index (χ0v) is 17.8. The first-order valence-corrected chi connectivity index (χ1v) is 9.96. The van der Waals surface area contributed by atoms with Crippen molar-refractivity contribution >= 4 is 17.3 Å². The lowest BCUT2D eigenvalue weighted by Gasteiger charge is -2.46. The Bertz CT molecular complexity index is 1180. The molecule has 0 radical (unpaired) electrons. The predicted molar refractivity (Wildman–Crippen MR) is 118 cm³/mol. The molecule has 4 rings (SSSR count). The van der Waals surface area contributed by atoms with Crippen molar-refractivity contribution in [2.75, 3.05) is 19.1 Å². The summed E-state index contributed by atoms with van der Waals surface area (Å²) >= 11 is 0. The molecule has 1 aliphatic rings. The van der Waals surface area contributed by atoms with Gasteiger partial charge >= 0.3 is 0 Å². The largest absolute Gasteiger partial charge is 0.493 e. The zero-order chi connectivity index (χ0) is 22.8. The van der Waals surface area contributed by atoms with Gasteiger partial charge in [-0.1, -0.05) is 30.3 Å². The van der Waals surface area contributed by atoms with Crippen LogP contribution in [-0.2, 0) is 4.79 Å². The Labute approximate surface area is 185 Å². The number of methoxy groups -OCH3 is 2. The second-order valence-electron chi connectivity index (χ2n) is 7.35. The number of carbonyl (C=O) groups excluding carboxylic acids is 1. The van der Waals surface area contributed by atoms with E-state index in [-0.39, 0.29) is 11.6 Å². The van der Waals surface area contributed by atoms with E-state index in [0.29, 0.717) is 22.9 Å². The third kappa shape index (κ3) is 3.71. The molecular weight excluding hydrogens is 412 g/mol. The summed E-state index contributed by atoms with van der Waals surface area (Å²) < 4.78 is 16.9. The topological polar surface area (TPSA) is 91.1 Å². The molecule has 0 N–H and O–H groups in total. The Kier molecular flexibility index (Phi) is 5.68. The number of nitrogens with zero attached hydrogens (tertiary/aromatic N) is 2.